The van der Waals surface area contributed by atoms with Crippen LogP contribution in [0.4, 0.5) is 11.4 Å². The summed E-state index contributed by atoms with van der Waals surface area (Å²) in [5.74, 6) is 1.14. The van der Waals surface area contributed by atoms with Gasteiger partial charge in [-0.3, -0.25) is 14.9 Å². The van der Waals surface area contributed by atoms with E-state index < -0.39 is 0 Å². The Hall–Kier alpha value is -2.57. The van der Waals surface area contributed by atoms with E-state index in [1.165, 1.54) is 58.6 Å². The molecule has 0 aliphatic carbocycles. The number of hydrogen-bond donors (Lipinski definition) is 1. The van der Waals surface area contributed by atoms with Gasteiger partial charge in [-0.1, -0.05) is 12.8 Å². The number of aryl methyl sites for hydroxylation is 1. The Morgan fingerprint density at radius 1 is 0.865 bits per heavy atom. The molecule has 0 unspecified atom stereocenters. The van der Waals surface area contributed by atoms with E-state index in [0.717, 1.165) is 38.5 Å². The quantitative estimate of drug-likeness (QED) is 0.215. The second-order valence-corrected chi connectivity index (χ2v) is 12.1. The number of pyridine rings is 2. The lowest BCUT2D eigenvalue weighted by Crippen LogP contribution is -2.53. The summed E-state index contributed by atoms with van der Waals surface area (Å²) in [7, 11) is 0. The zero-order valence-corrected chi connectivity index (χ0v) is 23.9. The summed E-state index contributed by atoms with van der Waals surface area (Å²) in [6.07, 6.45) is 12.5. The van der Waals surface area contributed by atoms with E-state index in [1.54, 1.807) is 0 Å². The highest BCUT2D eigenvalue weighted by molar-refractivity contribution is 7.99. The fourth-order valence-corrected chi connectivity index (χ4v) is 6.04. The summed E-state index contributed by atoms with van der Waals surface area (Å²) < 4.78 is 0. The fraction of sp³-hybridized carbons (Fsp3) is 0.484. The second kappa shape index (κ2) is 13.3. The Labute approximate surface area is 228 Å². The van der Waals surface area contributed by atoms with Gasteiger partial charge in [0.05, 0.1) is 0 Å². The van der Waals surface area contributed by atoms with Crippen LogP contribution in [0.25, 0.3) is 11.1 Å². The number of unbranched alkanes of at least 4 members (excludes halogenated alkanes) is 3. The van der Waals surface area contributed by atoms with Crippen LogP contribution in [0.2, 0.25) is 0 Å². The third kappa shape index (κ3) is 7.96. The van der Waals surface area contributed by atoms with E-state index in [1.807, 2.05) is 36.5 Å². The second-order valence-electron chi connectivity index (χ2n) is 10.9. The molecule has 0 spiro atoms. The van der Waals surface area contributed by atoms with Gasteiger partial charge in [-0.25, -0.2) is 0 Å². The average molecular weight is 518 g/mol. The molecule has 0 bridgehead atoms. The predicted molar refractivity (Wildman–Crippen MR) is 160 cm³/mol. The number of rotatable bonds is 11. The van der Waals surface area contributed by atoms with E-state index in [-0.39, 0.29) is 5.54 Å². The van der Waals surface area contributed by atoms with Crippen molar-refractivity contribution in [2.75, 3.05) is 48.7 Å². The standard InChI is InChI=1S/C31H43N5S/c1-25-23-27(9-10-29(25)35-18-20-36(21-19-35)31(2,3)4)34-14-7-5-6-8-22-37-30-13-17-33-24-28(30)26-11-15-32-16-12-26/h9-13,15-17,23-24,34H,5-8,14,18-22H2,1-4H3. The number of benzene rings is 1. The van der Waals surface area contributed by atoms with Gasteiger partial charge in [0.15, 0.2) is 0 Å². The normalized spacial score (nSPS) is 14.6. The number of anilines is 2. The van der Waals surface area contributed by atoms with Crippen molar-refractivity contribution in [3.05, 3.63) is 66.7 Å². The molecular weight excluding hydrogens is 474 g/mol. The van der Waals surface area contributed by atoms with Gasteiger partial charge in [0, 0.05) is 84.9 Å². The molecule has 1 N–H and O–H groups in total. The van der Waals surface area contributed by atoms with Gasteiger partial charge in [-0.05, 0) is 93.8 Å². The lowest BCUT2D eigenvalue weighted by molar-refractivity contribution is 0.128. The summed E-state index contributed by atoms with van der Waals surface area (Å²) >= 11 is 1.94. The molecule has 0 saturated carbocycles. The number of nitrogens with one attached hydrogen (secondary N) is 1. The molecular formula is C31H43N5S. The largest absolute Gasteiger partial charge is 0.385 e. The highest BCUT2D eigenvalue weighted by atomic mass is 32.2. The van der Waals surface area contributed by atoms with Crippen molar-refractivity contribution >= 4 is 23.1 Å². The van der Waals surface area contributed by atoms with Crippen LogP contribution in [0.15, 0.2) is 66.1 Å². The van der Waals surface area contributed by atoms with Gasteiger partial charge in [0.25, 0.3) is 0 Å². The predicted octanol–water partition coefficient (Wildman–Crippen LogP) is 7.14. The number of hydrogen-bond acceptors (Lipinski definition) is 6. The van der Waals surface area contributed by atoms with Crippen LogP contribution < -0.4 is 10.2 Å². The Morgan fingerprint density at radius 2 is 1.59 bits per heavy atom. The molecule has 1 aliphatic rings. The van der Waals surface area contributed by atoms with Crippen molar-refractivity contribution in [3.8, 4) is 11.1 Å². The molecule has 6 heteroatoms. The lowest BCUT2D eigenvalue weighted by Gasteiger charge is -2.43. The third-order valence-corrected chi connectivity index (χ3v) is 8.36. The average Bonchev–Trinajstić information content (AvgIpc) is 2.90. The topological polar surface area (TPSA) is 44.3 Å². The number of aromatic nitrogens is 2. The molecule has 1 aromatic carbocycles. The Morgan fingerprint density at radius 3 is 2.32 bits per heavy atom. The maximum absolute atomic E-state index is 4.32. The van der Waals surface area contributed by atoms with Gasteiger partial charge >= 0.3 is 0 Å². The summed E-state index contributed by atoms with van der Waals surface area (Å²) in [5, 5.41) is 3.64. The molecule has 1 aliphatic heterocycles. The van der Waals surface area contributed by atoms with Crippen LogP contribution in [-0.2, 0) is 0 Å². The number of piperazine rings is 1. The maximum atomic E-state index is 4.32. The molecule has 2 aromatic heterocycles. The summed E-state index contributed by atoms with van der Waals surface area (Å²) in [5.41, 5.74) is 6.64. The molecule has 3 heterocycles. The molecule has 5 nitrogen and oxygen atoms in total. The Balaban J connectivity index is 1.13. The number of nitrogens with zero attached hydrogens (tertiary/aromatic N) is 4. The van der Waals surface area contributed by atoms with Crippen molar-refractivity contribution in [1.82, 2.24) is 14.9 Å². The minimum atomic E-state index is 0.261. The molecule has 1 saturated heterocycles. The van der Waals surface area contributed by atoms with Crippen LogP contribution in [0, 0.1) is 6.92 Å². The van der Waals surface area contributed by atoms with Gasteiger partial charge in [-0.15, -0.1) is 11.8 Å². The molecule has 3 aromatic rings. The van der Waals surface area contributed by atoms with E-state index in [9.17, 15) is 0 Å². The van der Waals surface area contributed by atoms with Crippen molar-refractivity contribution in [1.29, 1.82) is 0 Å². The minimum Gasteiger partial charge on any atom is -0.385 e. The molecule has 198 valence electrons. The lowest BCUT2D eigenvalue weighted by atomic mass is 10.0. The van der Waals surface area contributed by atoms with Gasteiger partial charge in [-0.2, -0.15) is 0 Å². The smallest absolute Gasteiger partial charge is 0.0398 e. The van der Waals surface area contributed by atoms with Crippen LogP contribution in [-0.4, -0.2) is 58.9 Å². The maximum Gasteiger partial charge on any atom is 0.0398 e. The first-order valence-corrected chi connectivity index (χ1v) is 14.7. The summed E-state index contributed by atoms with van der Waals surface area (Å²) in [6, 6.07) is 13.1. The van der Waals surface area contributed by atoms with Crippen LogP contribution in [0.5, 0.6) is 0 Å². The van der Waals surface area contributed by atoms with Crippen molar-refractivity contribution < 1.29 is 0 Å². The van der Waals surface area contributed by atoms with Crippen LogP contribution >= 0.6 is 11.8 Å². The monoisotopic (exact) mass is 517 g/mol. The van der Waals surface area contributed by atoms with Crippen LogP contribution in [0.3, 0.4) is 0 Å². The first-order valence-electron chi connectivity index (χ1n) is 13.7. The Bertz CT molecular complexity index is 1100. The van der Waals surface area contributed by atoms with E-state index in [4.69, 9.17) is 0 Å². The minimum absolute atomic E-state index is 0.261. The first-order chi connectivity index (χ1) is 17.9. The molecule has 1 fully saturated rings. The van der Waals surface area contributed by atoms with Gasteiger partial charge < -0.3 is 10.2 Å². The van der Waals surface area contributed by atoms with E-state index in [2.05, 4.69) is 89.2 Å². The summed E-state index contributed by atoms with van der Waals surface area (Å²) in [6.45, 7) is 14.7. The molecule has 37 heavy (non-hydrogen) atoms. The van der Waals surface area contributed by atoms with Crippen molar-refractivity contribution in [3.63, 3.8) is 0 Å². The highest BCUT2D eigenvalue weighted by Gasteiger charge is 2.26. The third-order valence-electron chi connectivity index (χ3n) is 7.20. The van der Waals surface area contributed by atoms with E-state index in [0.29, 0.717) is 0 Å². The zero-order chi connectivity index (χ0) is 26.1. The molecule has 0 radical (unpaired) electrons. The summed E-state index contributed by atoms with van der Waals surface area (Å²) in [4.78, 5) is 14.9. The fourth-order valence-electron chi connectivity index (χ4n) is 4.99. The van der Waals surface area contributed by atoms with Crippen molar-refractivity contribution in [2.45, 2.75) is 63.8 Å². The zero-order valence-electron chi connectivity index (χ0n) is 23.0. The van der Waals surface area contributed by atoms with Gasteiger partial charge in [0.1, 0.15) is 0 Å². The number of thioether (sulfide) groups is 1. The SMILES string of the molecule is Cc1cc(NCCCCCCSc2ccncc2-c2ccncc2)ccc1N1CCN(C(C)(C)C)CC1. The Kier molecular flexibility index (Phi) is 9.87. The molecule has 0 atom stereocenters. The first kappa shape index (κ1) is 27.5. The van der Waals surface area contributed by atoms with E-state index >= 15 is 0 Å². The molecule has 4 rings (SSSR count). The molecule has 0 amide bonds. The van der Waals surface area contributed by atoms with Crippen LogP contribution in [0.1, 0.15) is 52.0 Å². The highest BCUT2D eigenvalue weighted by Crippen LogP contribution is 2.31. The van der Waals surface area contributed by atoms with Gasteiger partial charge in [0.2, 0.25) is 0 Å². The van der Waals surface area contributed by atoms with Crippen molar-refractivity contribution in [2.24, 2.45) is 0 Å².